The van der Waals surface area contributed by atoms with Crippen molar-refractivity contribution < 1.29 is 19.0 Å². The number of carbonyl (C=O) groups excluding carboxylic acids is 1. The van der Waals surface area contributed by atoms with Gasteiger partial charge in [0.15, 0.2) is 11.5 Å². The van der Waals surface area contributed by atoms with Crippen LogP contribution in [-0.2, 0) is 4.79 Å². The van der Waals surface area contributed by atoms with Gasteiger partial charge in [0.05, 0.1) is 21.3 Å². The van der Waals surface area contributed by atoms with Gasteiger partial charge in [-0.3, -0.25) is 4.79 Å². The number of carbonyl (C=O) groups is 1. The molecule has 0 spiro atoms. The number of ether oxygens (including phenoxy) is 3. The standard InChI is InChI=1S/C20H20N2O4/c1-13-7-5-6-8-16(13)22-20(23)15(12-21)9-14-10-18(25-3)19(26-4)11-17(14)24-2/h5-11H,1-4H3,(H,22,23)/b15-9+. The highest BCUT2D eigenvalue weighted by Gasteiger charge is 2.15. The van der Waals surface area contributed by atoms with Gasteiger partial charge in [0.1, 0.15) is 17.4 Å². The van der Waals surface area contributed by atoms with Crippen molar-refractivity contribution in [3.63, 3.8) is 0 Å². The first kappa shape index (κ1) is 18.9. The number of nitrogens with zero attached hydrogens (tertiary/aromatic N) is 1. The minimum atomic E-state index is -0.501. The molecular weight excluding hydrogens is 332 g/mol. The van der Waals surface area contributed by atoms with Crippen molar-refractivity contribution in [3.8, 4) is 23.3 Å². The van der Waals surface area contributed by atoms with Crippen LogP contribution in [0.5, 0.6) is 17.2 Å². The highest BCUT2D eigenvalue weighted by molar-refractivity contribution is 6.10. The van der Waals surface area contributed by atoms with Crippen LogP contribution in [0.3, 0.4) is 0 Å². The third-order valence-corrected chi connectivity index (χ3v) is 3.79. The highest BCUT2D eigenvalue weighted by atomic mass is 16.5. The Morgan fingerprint density at radius 2 is 1.65 bits per heavy atom. The maximum atomic E-state index is 12.5. The minimum Gasteiger partial charge on any atom is -0.496 e. The van der Waals surface area contributed by atoms with E-state index in [-0.39, 0.29) is 5.57 Å². The maximum absolute atomic E-state index is 12.5. The molecule has 0 heterocycles. The van der Waals surface area contributed by atoms with Gasteiger partial charge in [0.25, 0.3) is 5.91 Å². The largest absolute Gasteiger partial charge is 0.496 e. The lowest BCUT2D eigenvalue weighted by atomic mass is 10.1. The predicted octanol–water partition coefficient (Wildman–Crippen LogP) is 3.57. The summed E-state index contributed by atoms with van der Waals surface area (Å²) in [4.78, 5) is 12.5. The quantitative estimate of drug-likeness (QED) is 0.635. The van der Waals surface area contributed by atoms with Crippen LogP contribution in [0.4, 0.5) is 5.69 Å². The lowest BCUT2D eigenvalue weighted by Gasteiger charge is -2.12. The van der Waals surface area contributed by atoms with Crippen molar-refractivity contribution in [2.75, 3.05) is 26.6 Å². The molecule has 2 aromatic carbocycles. The van der Waals surface area contributed by atoms with E-state index in [1.165, 1.54) is 27.4 Å². The number of nitrogens with one attached hydrogen (secondary N) is 1. The summed E-state index contributed by atoms with van der Waals surface area (Å²) < 4.78 is 15.8. The summed E-state index contributed by atoms with van der Waals surface area (Å²) >= 11 is 0. The normalized spacial score (nSPS) is 10.7. The third kappa shape index (κ3) is 4.14. The van der Waals surface area contributed by atoms with Crippen LogP contribution in [0.15, 0.2) is 42.0 Å². The van der Waals surface area contributed by atoms with Crippen LogP contribution in [-0.4, -0.2) is 27.2 Å². The number of methoxy groups -OCH3 is 3. The van der Waals surface area contributed by atoms with Crippen LogP contribution in [0, 0.1) is 18.3 Å². The molecule has 26 heavy (non-hydrogen) atoms. The smallest absolute Gasteiger partial charge is 0.266 e. The van der Waals surface area contributed by atoms with E-state index in [2.05, 4.69) is 5.32 Å². The Kier molecular flexibility index (Phi) is 6.23. The number of anilines is 1. The molecule has 134 valence electrons. The number of nitriles is 1. The van der Waals surface area contributed by atoms with Gasteiger partial charge in [-0.25, -0.2) is 0 Å². The second-order valence-electron chi connectivity index (χ2n) is 5.39. The number of hydrogen-bond donors (Lipinski definition) is 1. The molecule has 6 nitrogen and oxygen atoms in total. The van der Waals surface area contributed by atoms with Crippen molar-refractivity contribution in [1.82, 2.24) is 0 Å². The van der Waals surface area contributed by atoms with Gasteiger partial charge in [0, 0.05) is 17.3 Å². The van der Waals surface area contributed by atoms with Gasteiger partial charge in [-0.2, -0.15) is 5.26 Å². The van der Waals surface area contributed by atoms with E-state index >= 15 is 0 Å². The second-order valence-corrected chi connectivity index (χ2v) is 5.39. The van der Waals surface area contributed by atoms with Gasteiger partial charge >= 0.3 is 0 Å². The van der Waals surface area contributed by atoms with Crippen LogP contribution in [0.2, 0.25) is 0 Å². The van der Waals surface area contributed by atoms with Crippen molar-refractivity contribution >= 4 is 17.7 Å². The Hall–Kier alpha value is -3.46. The molecule has 1 amide bonds. The maximum Gasteiger partial charge on any atom is 0.266 e. The number of para-hydroxylation sites is 1. The van der Waals surface area contributed by atoms with Crippen molar-refractivity contribution in [3.05, 3.63) is 53.1 Å². The zero-order chi connectivity index (χ0) is 19.1. The molecule has 0 aromatic heterocycles. The van der Waals surface area contributed by atoms with Gasteiger partial charge in [-0.1, -0.05) is 18.2 Å². The molecule has 0 atom stereocenters. The number of aryl methyl sites for hydroxylation is 1. The van der Waals surface area contributed by atoms with Crippen molar-refractivity contribution in [2.24, 2.45) is 0 Å². The topological polar surface area (TPSA) is 80.6 Å². The van der Waals surface area contributed by atoms with E-state index in [4.69, 9.17) is 14.2 Å². The lowest BCUT2D eigenvalue weighted by molar-refractivity contribution is -0.112. The Balaban J connectivity index is 2.40. The van der Waals surface area contributed by atoms with Crippen LogP contribution >= 0.6 is 0 Å². The van der Waals surface area contributed by atoms with Gasteiger partial charge in [0.2, 0.25) is 0 Å². The first-order chi connectivity index (χ1) is 12.5. The Bertz CT molecular complexity index is 882. The Morgan fingerprint density at radius 1 is 1.04 bits per heavy atom. The Labute approximate surface area is 152 Å². The average Bonchev–Trinajstić information content (AvgIpc) is 2.66. The molecule has 0 saturated heterocycles. The van der Waals surface area contributed by atoms with Gasteiger partial charge < -0.3 is 19.5 Å². The molecule has 0 aliphatic heterocycles. The number of hydrogen-bond acceptors (Lipinski definition) is 5. The average molecular weight is 352 g/mol. The summed E-state index contributed by atoms with van der Waals surface area (Å²) in [5.74, 6) is 0.915. The fourth-order valence-corrected chi connectivity index (χ4v) is 2.37. The number of amides is 1. The van der Waals surface area contributed by atoms with Crippen LogP contribution < -0.4 is 19.5 Å². The minimum absolute atomic E-state index is 0.0567. The molecule has 0 aliphatic rings. The molecule has 0 saturated carbocycles. The van der Waals surface area contributed by atoms with Crippen molar-refractivity contribution in [2.45, 2.75) is 6.92 Å². The van der Waals surface area contributed by atoms with E-state index in [9.17, 15) is 10.1 Å². The summed E-state index contributed by atoms with van der Waals surface area (Å²) in [6.07, 6.45) is 1.45. The zero-order valence-corrected chi connectivity index (χ0v) is 15.1. The first-order valence-electron chi connectivity index (χ1n) is 7.82. The fraction of sp³-hybridized carbons (Fsp3) is 0.200. The molecule has 2 aromatic rings. The van der Waals surface area contributed by atoms with Gasteiger partial charge in [-0.05, 0) is 30.7 Å². The molecular formula is C20H20N2O4. The van der Waals surface area contributed by atoms with Crippen LogP contribution in [0.1, 0.15) is 11.1 Å². The zero-order valence-electron chi connectivity index (χ0n) is 15.1. The van der Waals surface area contributed by atoms with Crippen molar-refractivity contribution in [1.29, 1.82) is 5.26 Å². The molecule has 6 heteroatoms. The van der Waals surface area contributed by atoms with Gasteiger partial charge in [-0.15, -0.1) is 0 Å². The molecule has 1 N–H and O–H groups in total. The van der Waals surface area contributed by atoms with E-state index in [1.54, 1.807) is 18.2 Å². The number of rotatable bonds is 6. The summed E-state index contributed by atoms with van der Waals surface area (Å²) in [5.41, 5.74) is 2.03. The van der Waals surface area contributed by atoms with E-state index in [1.807, 2.05) is 31.2 Å². The molecule has 0 aliphatic carbocycles. The first-order valence-corrected chi connectivity index (χ1v) is 7.82. The summed E-state index contributed by atoms with van der Waals surface area (Å²) in [6, 6.07) is 12.6. The lowest BCUT2D eigenvalue weighted by Crippen LogP contribution is -2.14. The van der Waals surface area contributed by atoms with E-state index in [0.717, 1.165) is 5.56 Å². The third-order valence-electron chi connectivity index (χ3n) is 3.79. The molecule has 0 radical (unpaired) electrons. The number of benzene rings is 2. The highest BCUT2D eigenvalue weighted by Crippen LogP contribution is 2.35. The van der Waals surface area contributed by atoms with Crippen LogP contribution in [0.25, 0.3) is 6.08 Å². The van der Waals surface area contributed by atoms with E-state index in [0.29, 0.717) is 28.5 Å². The molecule has 2 rings (SSSR count). The summed E-state index contributed by atoms with van der Waals surface area (Å²) in [7, 11) is 4.52. The second kappa shape index (κ2) is 8.58. The summed E-state index contributed by atoms with van der Waals surface area (Å²) in [5, 5.41) is 12.2. The molecule has 0 unspecified atom stereocenters. The molecule has 0 bridgehead atoms. The Morgan fingerprint density at radius 3 is 2.23 bits per heavy atom. The fourth-order valence-electron chi connectivity index (χ4n) is 2.37. The monoisotopic (exact) mass is 352 g/mol. The van der Waals surface area contributed by atoms with E-state index < -0.39 is 5.91 Å². The summed E-state index contributed by atoms with van der Waals surface area (Å²) in [6.45, 7) is 1.88. The predicted molar refractivity (Wildman–Crippen MR) is 99.5 cm³/mol. The SMILES string of the molecule is COc1cc(OC)c(OC)cc1/C=C(\C#N)C(=O)Nc1ccccc1C. The molecule has 0 fully saturated rings.